The van der Waals surface area contributed by atoms with Crippen molar-refractivity contribution in [3.63, 3.8) is 0 Å². The summed E-state index contributed by atoms with van der Waals surface area (Å²) >= 11 is 5.79. The summed E-state index contributed by atoms with van der Waals surface area (Å²) in [5.41, 5.74) is 0.585. The van der Waals surface area contributed by atoms with Gasteiger partial charge < -0.3 is 15.0 Å². The van der Waals surface area contributed by atoms with Crippen molar-refractivity contribution in [3.05, 3.63) is 23.4 Å². The van der Waals surface area contributed by atoms with Crippen molar-refractivity contribution in [2.45, 2.75) is 25.7 Å². The Morgan fingerprint density at radius 1 is 1.43 bits per heavy atom. The van der Waals surface area contributed by atoms with Crippen molar-refractivity contribution in [2.24, 2.45) is 10.4 Å². The minimum atomic E-state index is 0. The maximum Gasteiger partial charge on any atom is 0.213 e. The Hall–Kier alpha value is -0.760. The molecule has 1 saturated carbocycles. The van der Waals surface area contributed by atoms with E-state index in [2.05, 4.69) is 20.2 Å². The lowest BCUT2D eigenvalue weighted by atomic mass is 9.68. The lowest BCUT2D eigenvalue weighted by Crippen LogP contribution is -2.43. The molecule has 0 amide bonds. The molecule has 1 aromatic heterocycles. The molecular formula is C16H24ClIN4O. The molecule has 7 heteroatoms. The summed E-state index contributed by atoms with van der Waals surface area (Å²) in [6.45, 7) is 3.51. The number of hydrogen-bond donors (Lipinski definition) is 1. The van der Waals surface area contributed by atoms with Gasteiger partial charge >= 0.3 is 0 Å². The average Bonchev–Trinajstić information content (AvgIpc) is 2.95. The number of ether oxygens (including phenoxy) is 1. The molecule has 1 spiro atoms. The number of hydrogen-bond acceptors (Lipinski definition) is 3. The molecule has 3 rings (SSSR count). The molecule has 2 fully saturated rings. The van der Waals surface area contributed by atoms with Crippen LogP contribution in [-0.4, -0.2) is 49.1 Å². The number of aliphatic imine (C=N–C) groups is 1. The van der Waals surface area contributed by atoms with E-state index in [1.54, 1.807) is 18.3 Å². The van der Waals surface area contributed by atoms with Crippen molar-refractivity contribution in [3.8, 4) is 5.88 Å². The Morgan fingerprint density at radius 3 is 2.83 bits per heavy atom. The Balaban J connectivity index is 0.00000192. The number of halogens is 2. The minimum Gasteiger partial charge on any atom is -0.476 e. The number of nitrogens with zero attached hydrogens (tertiary/aromatic N) is 3. The van der Waals surface area contributed by atoms with E-state index in [9.17, 15) is 0 Å². The fourth-order valence-corrected chi connectivity index (χ4v) is 3.41. The van der Waals surface area contributed by atoms with Crippen molar-refractivity contribution in [1.82, 2.24) is 15.2 Å². The topological polar surface area (TPSA) is 49.8 Å². The van der Waals surface area contributed by atoms with Crippen LogP contribution in [0.4, 0.5) is 0 Å². The van der Waals surface area contributed by atoms with Gasteiger partial charge in [-0.2, -0.15) is 0 Å². The lowest BCUT2D eigenvalue weighted by molar-refractivity contribution is 0.151. The van der Waals surface area contributed by atoms with Crippen LogP contribution in [0.1, 0.15) is 25.7 Å². The number of pyridine rings is 1. The van der Waals surface area contributed by atoms with E-state index >= 15 is 0 Å². The Labute approximate surface area is 159 Å². The van der Waals surface area contributed by atoms with Gasteiger partial charge in [-0.15, -0.1) is 24.0 Å². The van der Waals surface area contributed by atoms with E-state index in [4.69, 9.17) is 16.3 Å². The second-order valence-corrected chi connectivity index (χ2v) is 6.60. The molecule has 23 heavy (non-hydrogen) atoms. The number of rotatable bonds is 4. The van der Waals surface area contributed by atoms with Crippen LogP contribution >= 0.6 is 35.6 Å². The normalized spacial score (nSPS) is 19.2. The van der Waals surface area contributed by atoms with Crippen LogP contribution in [-0.2, 0) is 0 Å². The number of nitrogens with one attached hydrogen (secondary N) is 1. The van der Waals surface area contributed by atoms with Gasteiger partial charge in [-0.25, -0.2) is 4.98 Å². The first-order valence-electron chi connectivity index (χ1n) is 7.91. The van der Waals surface area contributed by atoms with Gasteiger partial charge in [-0.1, -0.05) is 18.0 Å². The minimum absolute atomic E-state index is 0. The predicted molar refractivity (Wildman–Crippen MR) is 104 cm³/mol. The van der Waals surface area contributed by atoms with Gasteiger partial charge in [0.25, 0.3) is 0 Å². The fourth-order valence-electron chi connectivity index (χ4n) is 3.30. The molecule has 1 aliphatic heterocycles. The van der Waals surface area contributed by atoms with Crippen LogP contribution in [0.5, 0.6) is 5.88 Å². The number of likely N-dealkylation sites (tertiary alicyclic amines) is 1. The van der Waals surface area contributed by atoms with Crippen LogP contribution in [0.15, 0.2) is 23.3 Å². The lowest BCUT2D eigenvalue weighted by Gasteiger charge is -2.38. The third-order valence-electron chi connectivity index (χ3n) is 4.70. The summed E-state index contributed by atoms with van der Waals surface area (Å²) < 4.78 is 5.59. The van der Waals surface area contributed by atoms with Crippen molar-refractivity contribution >= 4 is 41.5 Å². The smallest absolute Gasteiger partial charge is 0.213 e. The second-order valence-electron chi connectivity index (χ2n) is 6.16. The molecule has 1 saturated heterocycles. The molecule has 0 atom stereocenters. The molecule has 0 unspecified atom stereocenters. The zero-order valence-corrected chi connectivity index (χ0v) is 16.5. The number of guanidine groups is 1. The molecule has 1 aliphatic carbocycles. The SMILES string of the molecule is CN=C(NCCOc1ccc(Cl)cn1)N1CCC2(CCC2)C1.I. The van der Waals surface area contributed by atoms with Gasteiger partial charge in [0.2, 0.25) is 5.88 Å². The van der Waals surface area contributed by atoms with Gasteiger partial charge in [-0.3, -0.25) is 4.99 Å². The van der Waals surface area contributed by atoms with E-state index < -0.39 is 0 Å². The molecule has 5 nitrogen and oxygen atoms in total. The van der Waals surface area contributed by atoms with E-state index in [1.807, 2.05) is 7.05 Å². The second kappa shape index (κ2) is 8.37. The summed E-state index contributed by atoms with van der Waals surface area (Å²) in [6, 6.07) is 3.55. The van der Waals surface area contributed by atoms with Crippen molar-refractivity contribution in [2.75, 3.05) is 33.3 Å². The Kier molecular flexibility index (Phi) is 6.76. The molecule has 128 valence electrons. The highest BCUT2D eigenvalue weighted by atomic mass is 127. The highest BCUT2D eigenvalue weighted by molar-refractivity contribution is 14.0. The maximum absolute atomic E-state index is 5.79. The monoisotopic (exact) mass is 450 g/mol. The first-order chi connectivity index (χ1) is 10.7. The highest BCUT2D eigenvalue weighted by Crippen LogP contribution is 2.47. The van der Waals surface area contributed by atoms with E-state index in [0.29, 0.717) is 29.5 Å². The van der Waals surface area contributed by atoms with Gasteiger partial charge in [0, 0.05) is 32.4 Å². The molecule has 0 radical (unpaired) electrons. The third kappa shape index (κ3) is 4.62. The van der Waals surface area contributed by atoms with Gasteiger partial charge in [0.05, 0.1) is 11.6 Å². The first-order valence-corrected chi connectivity index (χ1v) is 8.29. The highest BCUT2D eigenvalue weighted by Gasteiger charge is 2.43. The molecular weight excluding hydrogens is 427 g/mol. The standard InChI is InChI=1S/C16H23ClN4O.HI/c1-18-15(21-9-7-16(12-21)5-2-6-16)19-8-10-22-14-4-3-13(17)11-20-14;/h3-4,11H,2,5-10,12H2,1H3,(H,18,19);1H. The maximum atomic E-state index is 5.79. The van der Waals surface area contributed by atoms with Crippen LogP contribution in [0.2, 0.25) is 5.02 Å². The summed E-state index contributed by atoms with van der Waals surface area (Å²) in [5.74, 6) is 1.58. The molecule has 0 bridgehead atoms. The van der Waals surface area contributed by atoms with Crippen LogP contribution in [0.3, 0.4) is 0 Å². The Bertz CT molecular complexity index is 533. The molecule has 1 N–H and O–H groups in total. The van der Waals surface area contributed by atoms with Crippen LogP contribution < -0.4 is 10.1 Å². The molecule has 1 aromatic rings. The van der Waals surface area contributed by atoms with Crippen molar-refractivity contribution in [1.29, 1.82) is 0 Å². The summed E-state index contributed by atoms with van der Waals surface area (Å²) in [7, 11) is 1.84. The summed E-state index contributed by atoms with van der Waals surface area (Å²) in [5, 5.41) is 3.99. The Morgan fingerprint density at radius 2 is 2.26 bits per heavy atom. The summed E-state index contributed by atoms with van der Waals surface area (Å²) in [6.07, 6.45) is 7.05. The molecule has 2 aliphatic rings. The third-order valence-corrected chi connectivity index (χ3v) is 4.92. The van der Waals surface area contributed by atoms with E-state index in [-0.39, 0.29) is 24.0 Å². The van der Waals surface area contributed by atoms with Gasteiger partial charge in [-0.05, 0) is 30.7 Å². The predicted octanol–water partition coefficient (Wildman–Crippen LogP) is 3.18. The van der Waals surface area contributed by atoms with Crippen molar-refractivity contribution < 1.29 is 4.74 Å². The first kappa shape index (κ1) is 18.6. The zero-order chi connectivity index (χ0) is 15.4. The number of aromatic nitrogens is 1. The zero-order valence-electron chi connectivity index (χ0n) is 13.4. The fraction of sp³-hybridized carbons (Fsp3) is 0.625. The van der Waals surface area contributed by atoms with E-state index in [0.717, 1.165) is 19.0 Å². The van der Waals surface area contributed by atoms with E-state index in [1.165, 1.54) is 25.7 Å². The quantitative estimate of drug-likeness (QED) is 0.331. The van der Waals surface area contributed by atoms with Crippen LogP contribution in [0.25, 0.3) is 0 Å². The molecule has 0 aromatic carbocycles. The summed E-state index contributed by atoms with van der Waals surface area (Å²) in [4.78, 5) is 10.9. The average molecular weight is 451 g/mol. The molecule has 2 heterocycles. The van der Waals surface area contributed by atoms with Gasteiger partial charge in [0.1, 0.15) is 6.61 Å². The van der Waals surface area contributed by atoms with Gasteiger partial charge in [0.15, 0.2) is 5.96 Å². The largest absolute Gasteiger partial charge is 0.476 e. The van der Waals surface area contributed by atoms with Crippen LogP contribution in [0, 0.1) is 5.41 Å².